The molecule has 4 heterocycles. The molecule has 0 atom stereocenters. The summed E-state index contributed by atoms with van der Waals surface area (Å²) in [6.07, 6.45) is 7.96. The molecule has 7 nitrogen and oxygen atoms in total. The number of hydrogen-bond donors (Lipinski definition) is 1. The summed E-state index contributed by atoms with van der Waals surface area (Å²) in [5.41, 5.74) is 1.76. The Morgan fingerprint density at radius 3 is 2.83 bits per heavy atom. The van der Waals surface area contributed by atoms with Gasteiger partial charge in [-0.3, -0.25) is 9.78 Å². The van der Waals surface area contributed by atoms with E-state index < -0.39 is 5.82 Å². The van der Waals surface area contributed by atoms with E-state index in [1.165, 1.54) is 17.4 Å². The van der Waals surface area contributed by atoms with Gasteiger partial charge in [0.15, 0.2) is 0 Å². The van der Waals surface area contributed by atoms with E-state index in [0.29, 0.717) is 40.2 Å². The molecule has 1 aliphatic heterocycles. The number of halogens is 1. The smallest absolute Gasteiger partial charge is 0.263 e. The number of aryl methyl sites for hydroxylation is 1. The molecule has 150 valence electrons. The second-order valence-corrected chi connectivity index (χ2v) is 7.68. The van der Waals surface area contributed by atoms with Crippen LogP contribution in [0.1, 0.15) is 38.8 Å². The van der Waals surface area contributed by atoms with Gasteiger partial charge in [0.05, 0.1) is 18.1 Å². The van der Waals surface area contributed by atoms with Gasteiger partial charge in [-0.2, -0.15) is 0 Å². The summed E-state index contributed by atoms with van der Waals surface area (Å²) in [5.74, 6) is 0.0724. The van der Waals surface area contributed by atoms with Crippen LogP contribution in [0.15, 0.2) is 29.0 Å². The average molecular weight is 414 g/mol. The van der Waals surface area contributed by atoms with E-state index in [9.17, 15) is 9.18 Å². The number of nitrogens with one attached hydrogen (secondary N) is 1. The van der Waals surface area contributed by atoms with Crippen LogP contribution >= 0.6 is 11.3 Å². The molecule has 0 unspecified atom stereocenters. The van der Waals surface area contributed by atoms with Crippen molar-refractivity contribution in [3.63, 3.8) is 0 Å². The van der Waals surface area contributed by atoms with Gasteiger partial charge in [-0.15, -0.1) is 11.3 Å². The molecule has 3 aromatic heterocycles. The summed E-state index contributed by atoms with van der Waals surface area (Å²) in [6.45, 7) is 3.13. The zero-order valence-electron chi connectivity index (χ0n) is 15.7. The molecule has 0 spiro atoms. The van der Waals surface area contributed by atoms with Crippen molar-refractivity contribution in [1.29, 1.82) is 0 Å². The van der Waals surface area contributed by atoms with Crippen molar-refractivity contribution in [2.45, 2.75) is 25.8 Å². The second-order valence-electron chi connectivity index (χ2n) is 6.62. The number of thiazole rings is 1. The van der Waals surface area contributed by atoms with Gasteiger partial charge in [0, 0.05) is 24.8 Å². The van der Waals surface area contributed by atoms with E-state index in [-0.39, 0.29) is 11.9 Å². The van der Waals surface area contributed by atoms with Crippen molar-refractivity contribution >= 4 is 29.4 Å². The molecule has 1 fully saturated rings. The molecule has 1 saturated heterocycles. The van der Waals surface area contributed by atoms with E-state index in [0.717, 1.165) is 24.6 Å². The number of carbonyl (C=O) groups is 1. The van der Waals surface area contributed by atoms with E-state index in [4.69, 9.17) is 9.26 Å². The van der Waals surface area contributed by atoms with Crippen LogP contribution in [0.25, 0.3) is 23.5 Å². The summed E-state index contributed by atoms with van der Waals surface area (Å²) in [4.78, 5) is 21.3. The quantitative estimate of drug-likeness (QED) is 0.684. The summed E-state index contributed by atoms with van der Waals surface area (Å²) in [6, 6.07) is 3.01. The van der Waals surface area contributed by atoms with E-state index in [1.54, 1.807) is 25.3 Å². The Bertz CT molecular complexity index is 1020. The molecule has 1 amide bonds. The summed E-state index contributed by atoms with van der Waals surface area (Å²) < 4.78 is 23.7. The first-order chi connectivity index (χ1) is 14.1. The van der Waals surface area contributed by atoms with Gasteiger partial charge in [-0.1, -0.05) is 5.16 Å². The largest absolute Gasteiger partial charge is 0.381 e. The molecular weight excluding hydrogens is 395 g/mol. The van der Waals surface area contributed by atoms with Crippen LogP contribution in [0.4, 0.5) is 4.39 Å². The van der Waals surface area contributed by atoms with Crippen LogP contribution in [-0.2, 0) is 4.74 Å². The highest BCUT2D eigenvalue weighted by Gasteiger charge is 2.18. The molecule has 0 radical (unpaired) electrons. The Balaban J connectivity index is 1.48. The Hall–Kier alpha value is -2.91. The fourth-order valence-corrected chi connectivity index (χ4v) is 3.72. The van der Waals surface area contributed by atoms with E-state index in [1.807, 2.05) is 6.08 Å². The van der Waals surface area contributed by atoms with Crippen molar-refractivity contribution in [2.75, 3.05) is 13.2 Å². The minimum atomic E-state index is -0.416. The lowest BCUT2D eigenvalue weighted by molar-refractivity contribution is 0.0698. The van der Waals surface area contributed by atoms with Crippen LogP contribution in [0.3, 0.4) is 0 Å². The number of rotatable bonds is 5. The fourth-order valence-electron chi connectivity index (χ4n) is 3.00. The molecule has 0 aromatic carbocycles. The SMILES string of the molecule is Cc1onc(-c2ccc(F)cn2)c1C=Cc1ncc(C(=O)NC2CCOCC2)s1. The number of amides is 1. The molecular formula is C20H19FN4O3S. The number of ether oxygens (including phenoxy) is 1. The lowest BCUT2D eigenvalue weighted by atomic mass is 10.1. The van der Waals surface area contributed by atoms with Crippen LogP contribution in [0.5, 0.6) is 0 Å². The highest BCUT2D eigenvalue weighted by atomic mass is 32.1. The normalized spacial score (nSPS) is 15.1. The minimum absolute atomic E-state index is 0.119. The molecule has 1 N–H and O–H groups in total. The Morgan fingerprint density at radius 2 is 2.07 bits per heavy atom. The molecule has 1 aliphatic rings. The summed E-state index contributed by atoms with van der Waals surface area (Å²) in [7, 11) is 0. The molecule has 0 aliphatic carbocycles. The maximum atomic E-state index is 13.1. The first kappa shape index (κ1) is 19.4. The van der Waals surface area contributed by atoms with Crippen LogP contribution in [0.2, 0.25) is 0 Å². The third-order valence-electron chi connectivity index (χ3n) is 4.57. The standard InChI is InChI=1S/C20H19FN4O3S/c1-12-15(19(25-28-12)16-4-2-13(21)10-22-16)3-5-18-23-11-17(29-18)20(26)24-14-6-8-27-9-7-14/h2-5,10-11,14H,6-9H2,1H3,(H,24,26). The van der Waals surface area contributed by atoms with Crippen LogP contribution in [-0.4, -0.2) is 40.3 Å². The molecule has 3 aromatic rings. The Kier molecular flexibility index (Phi) is 5.77. The molecule has 29 heavy (non-hydrogen) atoms. The van der Waals surface area contributed by atoms with Gasteiger partial charge in [-0.25, -0.2) is 9.37 Å². The third-order valence-corrected chi connectivity index (χ3v) is 5.54. The number of carbonyl (C=O) groups excluding carboxylic acids is 1. The monoisotopic (exact) mass is 414 g/mol. The maximum absolute atomic E-state index is 13.1. The summed E-state index contributed by atoms with van der Waals surface area (Å²) in [5, 5.41) is 7.73. The highest BCUT2D eigenvalue weighted by molar-refractivity contribution is 7.14. The number of pyridine rings is 1. The number of hydrogen-bond acceptors (Lipinski definition) is 7. The zero-order chi connectivity index (χ0) is 20.2. The molecule has 0 saturated carbocycles. The van der Waals surface area contributed by atoms with Gasteiger partial charge in [0.25, 0.3) is 5.91 Å². The van der Waals surface area contributed by atoms with Crippen molar-refractivity contribution < 1.29 is 18.4 Å². The Morgan fingerprint density at radius 1 is 1.24 bits per heavy atom. The van der Waals surface area contributed by atoms with E-state index >= 15 is 0 Å². The maximum Gasteiger partial charge on any atom is 0.263 e. The fraction of sp³-hybridized carbons (Fsp3) is 0.300. The van der Waals surface area contributed by atoms with Gasteiger partial charge < -0.3 is 14.6 Å². The van der Waals surface area contributed by atoms with Gasteiger partial charge >= 0.3 is 0 Å². The van der Waals surface area contributed by atoms with Crippen molar-refractivity contribution in [3.05, 3.63) is 51.6 Å². The molecule has 0 bridgehead atoms. The zero-order valence-corrected chi connectivity index (χ0v) is 16.5. The molecule has 9 heteroatoms. The lowest BCUT2D eigenvalue weighted by Crippen LogP contribution is -2.38. The summed E-state index contributed by atoms with van der Waals surface area (Å²) >= 11 is 1.30. The number of aromatic nitrogens is 3. The second kappa shape index (κ2) is 8.62. The predicted molar refractivity (Wildman–Crippen MR) is 107 cm³/mol. The first-order valence-electron chi connectivity index (χ1n) is 9.21. The predicted octanol–water partition coefficient (Wildman–Crippen LogP) is 3.72. The Labute approximate surface area is 170 Å². The number of nitrogens with zero attached hydrogens (tertiary/aromatic N) is 3. The van der Waals surface area contributed by atoms with Gasteiger partial charge in [-0.05, 0) is 44.1 Å². The van der Waals surface area contributed by atoms with Gasteiger partial charge in [0.1, 0.15) is 27.2 Å². The van der Waals surface area contributed by atoms with Gasteiger partial charge in [0.2, 0.25) is 0 Å². The van der Waals surface area contributed by atoms with Crippen LogP contribution in [0, 0.1) is 12.7 Å². The first-order valence-corrected chi connectivity index (χ1v) is 10.0. The molecule has 4 rings (SSSR count). The lowest BCUT2D eigenvalue weighted by Gasteiger charge is -2.22. The highest BCUT2D eigenvalue weighted by Crippen LogP contribution is 2.26. The van der Waals surface area contributed by atoms with Crippen molar-refractivity contribution in [3.8, 4) is 11.4 Å². The van der Waals surface area contributed by atoms with Crippen LogP contribution < -0.4 is 5.32 Å². The average Bonchev–Trinajstić information content (AvgIpc) is 3.35. The van der Waals surface area contributed by atoms with E-state index in [2.05, 4.69) is 20.4 Å². The third kappa shape index (κ3) is 4.57. The van der Waals surface area contributed by atoms with Crippen molar-refractivity contribution in [1.82, 2.24) is 20.4 Å². The topological polar surface area (TPSA) is 90.1 Å². The minimum Gasteiger partial charge on any atom is -0.381 e. The van der Waals surface area contributed by atoms with Crippen molar-refractivity contribution in [2.24, 2.45) is 0 Å².